The monoisotopic (exact) mass is 328 g/mol. The van der Waals surface area contributed by atoms with Gasteiger partial charge >= 0.3 is 0 Å². The average molecular weight is 328 g/mol. The van der Waals surface area contributed by atoms with Crippen LogP contribution in [0.15, 0.2) is 42.5 Å². The average Bonchev–Trinajstić information content (AvgIpc) is 2.58. The van der Waals surface area contributed by atoms with E-state index in [2.05, 4.69) is 5.32 Å². The van der Waals surface area contributed by atoms with Crippen molar-refractivity contribution in [2.24, 2.45) is 0 Å². The predicted octanol–water partition coefficient (Wildman–Crippen LogP) is 3.21. The van der Waals surface area contributed by atoms with Crippen molar-refractivity contribution < 1.29 is 18.7 Å². The molecule has 2 aromatic rings. The van der Waals surface area contributed by atoms with Crippen molar-refractivity contribution in [3.63, 3.8) is 0 Å². The van der Waals surface area contributed by atoms with E-state index in [1.807, 2.05) is 6.92 Å². The van der Waals surface area contributed by atoms with Crippen LogP contribution in [-0.2, 0) is 4.79 Å². The van der Waals surface area contributed by atoms with Gasteiger partial charge in [-0.25, -0.2) is 4.39 Å². The Morgan fingerprint density at radius 2 is 2.00 bits per heavy atom. The van der Waals surface area contributed by atoms with Crippen molar-refractivity contribution in [3.05, 3.63) is 53.8 Å². The third kappa shape index (κ3) is 3.22. The lowest BCUT2D eigenvalue weighted by atomic mass is 10.1. The van der Waals surface area contributed by atoms with E-state index in [0.29, 0.717) is 29.2 Å². The summed E-state index contributed by atoms with van der Waals surface area (Å²) in [5, 5.41) is 2.74. The predicted molar refractivity (Wildman–Crippen MR) is 88.9 cm³/mol. The zero-order valence-corrected chi connectivity index (χ0v) is 13.2. The number of carbonyl (C=O) groups is 2. The van der Waals surface area contributed by atoms with Crippen LogP contribution in [0.25, 0.3) is 0 Å². The van der Waals surface area contributed by atoms with E-state index in [1.165, 1.54) is 24.3 Å². The fourth-order valence-corrected chi connectivity index (χ4v) is 2.56. The molecule has 5 nitrogen and oxygen atoms in total. The minimum absolute atomic E-state index is 0.0115. The van der Waals surface area contributed by atoms with Crippen molar-refractivity contribution in [3.8, 4) is 5.75 Å². The molecule has 0 spiro atoms. The smallest absolute Gasteiger partial charge is 0.265 e. The van der Waals surface area contributed by atoms with Gasteiger partial charge in [-0.05, 0) is 42.8 Å². The maximum absolute atomic E-state index is 12.9. The second-order valence-electron chi connectivity index (χ2n) is 5.48. The summed E-state index contributed by atoms with van der Waals surface area (Å²) in [5.74, 6) is -0.255. The molecule has 0 fully saturated rings. The number of nitrogens with zero attached hydrogens (tertiary/aromatic N) is 1. The zero-order valence-electron chi connectivity index (χ0n) is 13.2. The largest absolute Gasteiger partial charge is 0.481 e. The third-order valence-corrected chi connectivity index (χ3v) is 3.71. The normalized spacial score (nSPS) is 13.2. The minimum Gasteiger partial charge on any atom is -0.481 e. The molecule has 0 aliphatic carbocycles. The summed E-state index contributed by atoms with van der Waals surface area (Å²) in [7, 11) is 0. The summed E-state index contributed by atoms with van der Waals surface area (Å²) in [6, 6.07) is 10.5. The summed E-state index contributed by atoms with van der Waals surface area (Å²) in [6.07, 6.45) is 0.842. The molecule has 2 aromatic carbocycles. The minimum atomic E-state index is -0.394. The third-order valence-electron chi connectivity index (χ3n) is 3.71. The molecule has 1 aliphatic rings. The van der Waals surface area contributed by atoms with Crippen molar-refractivity contribution >= 4 is 23.2 Å². The highest BCUT2D eigenvalue weighted by molar-refractivity contribution is 6.05. The standard InChI is InChI=1S/C18H17FN2O3/c1-2-9-21-15-8-7-14(10-16(15)24-11-17(21)22)20-18(23)12-3-5-13(19)6-4-12/h3-8,10H,2,9,11H2,1H3,(H,20,23). The van der Waals surface area contributed by atoms with Gasteiger partial charge in [0.1, 0.15) is 11.6 Å². The number of rotatable bonds is 4. The highest BCUT2D eigenvalue weighted by Gasteiger charge is 2.25. The van der Waals surface area contributed by atoms with Crippen LogP contribution in [-0.4, -0.2) is 25.0 Å². The molecule has 1 heterocycles. The van der Waals surface area contributed by atoms with Gasteiger partial charge in [0.25, 0.3) is 11.8 Å². The maximum Gasteiger partial charge on any atom is 0.265 e. The van der Waals surface area contributed by atoms with E-state index in [1.54, 1.807) is 23.1 Å². The summed E-state index contributed by atoms with van der Waals surface area (Å²) < 4.78 is 18.4. The molecule has 0 bridgehead atoms. The maximum atomic E-state index is 12.9. The van der Waals surface area contributed by atoms with Crippen LogP contribution >= 0.6 is 0 Å². The molecule has 0 saturated heterocycles. The molecular weight excluding hydrogens is 311 g/mol. The molecule has 0 atom stereocenters. The highest BCUT2D eigenvalue weighted by atomic mass is 19.1. The number of ether oxygens (including phenoxy) is 1. The second kappa shape index (κ2) is 6.70. The quantitative estimate of drug-likeness (QED) is 0.937. The highest BCUT2D eigenvalue weighted by Crippen LogP contribution is 2.34. The van der Waals surface area contributed by atoms with Crippen LogP contribution < -0.4 is 15.0 Å². The number of carbonyl (C=O) groups excluding carboxylic acids is 2. The SMILES string of the molecule is CCCN1C(=O)COc2cc(NC(=O)c3ccc(F)cc3)ccc21. The van der Waals surface area contributed by atoms with Crippen LogP contribution in [0.3, 0.4) is 0 Å². The number of hydrogen-bond acceptors (Lipinski definition) is 3. The summed E-state index contributed by atoms with van der Waals surface area (Å²) in [6.45, 7) is 2.61. The van der Waals surface area contributed by atoms with Gasteiger partial charge in [0.15, 0.2) is 6.61 Å². The number of amides is 2. The van der Waals surface area contributed by atoms with Crippen molar-refractivity contribution in [2.75, 3.05) is 23.4 Å². The Labute approximate surface area is 139 Å². The fourth-order valence-electron chi connectivity index (χ4n) is 2.56. The van der Waals surface area contributed by atoms with Crippen LogP contribution in [0.1, 0.15) is 23.7 Å². The number of anilines is 2. The molecule has 6 heteroatoms. The van der Waals surface area contributed by atoms with Gasteiger partial charge in [0.05, 0.1) is 5.69 Å². The van der Waals surface area contributed by atoms with Crippen LogP contribution in [0, 0.1) is 5.82 Å². The number of benzene rings is 2. The molecule has 24 heavy (non-hydrogen) atoms. The Kier molecular flexibility index (Phi) is 4.46. The molecule has 0 aromatic heterocycles. The van der Waals surface area contributed by atoms with E-state index < -0.39 is 5.82 Å². The number of fused-ring (bicyclic) bond motifs is 1. The van der Waals surface area contributed by atoms with Gasteiger partial charge in [-0.3, -0.25) is 9.59 Å². The molecule has 0 unspecified atom stereocenters. The van der Waals surface area contributed by atoms with Crippen LogP contribution in [0.2, 0.25) is 0 Å². The Balaban J connectivity index is 1.80. The first-order valence-electron chi connectivity index (χ1n) is 7.72. The molecule has 2 amide bonds. The molecule has 1 N–H and O–H groups in total. The molecule has 1 aliphatic heterocycles. The van der Waals surface area contributed by atoms with Crippen molar-refractivity contribution in [1.29, 1.82) is 0 Å². The Hall–Kier alpha value is -2.89. The first-order chi connectivity index (χ1) is 11.6. The summed E-state index contributed by atoms with van der Waals surface area (Å²) in [4.78, 5) is 25.8. The van der Waals surface area contributed by atoms with E-state index >= 15 is 0 Å². The molecule has 3 rings (SSSR count). The number of nitrogens with one attached hydrogen (secondary N) is 1. The molecule has 0 saturated carbocycles. The topological polar surface area (TPSA) is 58.6 Å². The van der Waals surface area contributed by atoms with Gasteiger partial charge in [-0.1, -0.05) is 6.92 Å². The van der Waals surface area contributed by atoms with Crippen molar-refractivity contribution in [1.82, 2.24) is 0 Å². The molecule has 0 radical (unpaired) electrons. The van der Waals surface area contributed by atoms with E-state index in [4.69, 9.17) is 4.74 Å². The fraction of sp³-hybridized carbons (Fsp3) is 0.222. The van der Waals surface area contributed by atoms with Gasteiger partial charge in [-0.2, -0.15) is 0 Å². The van der Waals surface area contributed by atoms with Gasteiger partial charge in [0, 0.05) is 23.9 Å². The van der Waals surface area contributed by atoms with Crippen LogP contribution in [0.4, 0.5) is 15.8 Å². The second-order valence-corrected chi connectivity index (χ2v) is 5.48. The first kappa shape index (κ1) is 16.0. The molecule has 124 valence electrons. The Morgan fingerprint density at radius 3 is 2.71 bits per heavy atom. The van der Waals surface area contributed by atoms with Crippen LogP contribution in [0.5, 0.6) is 5.75 Å². The summed E-state index contributed by atoms with van der Waals surface area (Å²) >= 11 is 0. The lowest BCUT2D eigenvalue weighted by Crippen LogP contribution is -2.39. The number of halogens is 1. The Morgan fingerprint density at radius 1 is 1.25 bits per heavy atom. The Bertz CT molecular complexity index is 774. The van der Waals surface area contributed by atoms with Gasteiger partial charge < -0.3 is 15.0 Å². The first-order valence-corrected chi connectivity index (χ1v) is 7.72. The summed E-state index contributed by atoms with van der Waals surface area (Å²) in [5.41, 5.74) is 1.61. The van der Waals surface area contributed by atoms with Gasteiger partial charge in [-0.15, -0.1) is 0 Å². The molecular formula is C18H17FN2O3. The number of hydrogen-bond donors (Lipinski definition) is 1. The van der Waals surface area contributed by atoms with E-state index in [0.717, 1.165) is 6.42 Å². The van der Waals surface area contributed by atoms with Gasteiger partial charge in [0.2, 0.25) is 0 Å². The van der Waals surface area contributed by atoms with E-state index in [-0.39, 0.29) is 18.4 Å². The lowest BCUT2D eigenvalue weighted by Gasteiger charge is -2.29. The zero-order chi connectivity index (χ0) is 17.1. The lowest BCUT2D eigenvalue weighted by molar-refractivity contribution is -0.121. The van der Waals surface area contributed by atoms with E-state index in [9.17, 15) is 14.0 Å². The van der Waals surface area contributed by atoms with Crippen molar-refractivity contribution in [2.45, 2.75) is 13.3 Å².